The molecule has 0 amide bonds. The third-order valence-corrected chi connectivity index (χ3v) is 11.8. The zero-order valence-corrected chi connectivity index (χ0v) is 35.1. The second kappa shape index (κ2) is 16.3. The molecule has 0 unspecified atom stereocenters. The fourth-order valence-corrected chi connectivity index (χ4v) is 8.64. The molecule has 0 saturated carbocycles. The van der Waals surface area contributed by atoms with E-state index in [1.807, 2.05) is 24.5 Å². The summed E-state index contributed by atoms with van der Waals surface area (Å²) in [5, 5.41) is 2.38. The molecule has 62 heavy (non-hydrogen) atoms. The van der Waals surface area contributed by atoms with Gasteiger partial charge in [-0.3, -0.25) is 9.97 Å². The monoisotopic (exact) mass is 797 g/mol. The van der Waals surface area contributed by atoms with Crippen LogP contribution in [0.25, 0.3) is 101 Å². The summed E-state index contributed by atoms with van der Waals surface area (Å²) < 4.78 is 0. The lowest BCUT2D eigenvalue weighted by atomic mass is 9.90. The van der Waals surface area contributed by atoms with Gasteiger partial charge in [-0.05, 0) is 148 Å². The number of fused-ring (bicyclic) bond motifs is 1. The molecule has 0 saturated heterocycles. The molecule has 10 aromatic rings. The molecule has 10 rings (SSSR count). The van der Waals surface area contributed by atoms with Crippen LogP contribution in [0.15, 0.2) is 189 Å². The van der Waals surface area contributed by atoms with Crippen molar-refractivity contribution in [3.8, 4) is 89.8 Å². The predicted octanol–water partition coefficient (Wildman–Crippen LogP) is 14.4. The number of nitrogens with zero attached hydrogens (tertiary/aromatic N) is 5. The summed E-state index contributed by atoms with van der Waals surface area (Å²) in [6.07, 6.45) is 7.40. The highest BCUT2D eigenvalue weighted by atomic mass is 15.0. The standard InChI is InChI=1S/C57H43N5/c1-36-12-5-7-17-51(36)52-25-20-41(28-39(52)4)46-31-47(54-19-9-14-40-13-6-8-18-53(40)54)33-48(32-46)57-61-55(42-21-23-49(37(2)29-42)44-15-10-26-58-34-44)60-56(62-57)43-22-24-50(38(3)30-43)45-16-11-27-59-35-45/h5-35H,1-4H3. The first-order valence-electron chi connectivity index (χ1n) is 21.0. The number of aromatic nitrogens is 5. The van der Waals surface area contributed by atoms with Crippen molar-refractivity contribution >= 4 is 10.8 Å². The maximum absolute atomic E-state index is 5.30. The van der Waals surface area contributed by atoms with Crippen molar-refractivity contribution in [3.05, 3.63) is 211 Å². The Morgan fingerprint density at radius 2 is 0.774 bits per heavy atom. The van der Waals surface area contributed by atoms with Gasteiger partial charge in [-0.25, -0.2) is 15.0 Å². The van der Waals surface area contributed by atoms with E-state index in [-0.39, 0.29) is 0 Å². The van der Waals surface area contributed by atoms with Crippen LogP contribution in [-0.2, 0) is 0 Å². The van der Waals surface area contributed by atoms with E-state index in [0.29, 0.717) is 17.5 Å². The van der Waals surface area contributed by atoms with Crippen LogP contribution in [0.3, 0.4) is 0 Å². The molecular formula is C57H43N5. The topological polar surface area (TPSA) is 64.5 Å². The number of aryl methyl sites for hydroxylation is 4. The minimum absolute atomic E-state index is 0.601. The largest absolute Gasteiger partial charge is 0.264 e. The quantitative estimate of drug-likeness (QED) is 0.153. The van der Waals surface area contributed by atoms with E-state index in [1.54, 1.807) is 12.4 Å². The first kappa shape index (κ1) is 38.3. The minimum atomic E-state index is 0.601. The summed E-state index contributed by atoms with van der Waals surface area (Å²) in [7, 11) is 0. The molecule has 0 aliphatic carbocycles. The van der Waals surface area contributed by atoms with Crippen molar-refractivity contribution in [1.82, 2.24) is 24.9 Å². The number of benzene rings is 7. The molecule has 0 N–H and O–H groups in total. The van der Waals surface area contributed by atoms with Crippen LogP contribution in [0.5, 0.6) is 0 Å². The SMILES string of the molecule is Cc1cc(-c2nc(-c3cc(-c4ccc(-c5ccccc5C)c(C)c4)cc(-c4cccc5ccccc45)c3)nc(-c3ccc(-c4cccnc4)c(C)c3)n2)ccc1-c1cccnc1. The molecule has 0 atom stereocenters. The third-order valence-electron chi connectivity index (χ3n) is 11.8. The van der Waals surface area contributed by atoms with Gasteiger partial charge in [0, 0.05) is 52.6 Å². The molecule has 0 bridgehead atoms. The Hall–Kier alpha value is -7.89. The number of pyridine rings is 2. The van der Waals surface area contributed by atoms with Crippen LogP contribution in [0, 0.1) is 27.7 Å². The minimum Gasteiger partial charge on any atom is -0.264 e. The van der Waals surface area contributed by atoms with Gasteiger partial charge in [0.15, 0.2) is 17.5 Å². The number of hydrogen-bond acceptors (Lipinski definition) is 5. The molecular weight excluding hydrogens is 755 g/mol. The van der Waals surface area contributed by atoms with E-state index in [4.69, 9.17) is 15.0 Å². The van der Waals surface area contributed by atoms with Gasteiger partial charge in [-0.1, -0.05) is 121 Å². The van der Waals surface area contributed by atoms with Gasteiger partial charge in [0.2, 0.25) is 0 Å². The highest BCUT2D eigenvalue weighted by molar-refractivity contribution is 5.98. The normalized spacial score (nSPS) is 11.2. The fourth-order valence-electron chi connectivity index (χ4n) is 8.64. The Balaban J connectivity index is 1.17. The van der Waals surface area contributed by atoms with Crippen molar-refractivity contribution in [3.63, 3.8) is 0 Å². The number of rotatable bonds is 8. The predicted molar refractivity (Wildman–Crippen MR) is 255 cm³/mol. The average molecular weight is 798 g/mol. The molecule has 0 aliphatic heterocycles. The van der Waals surface area contributed by atoms with Gasteiger partial charge in [-0.2, -0.15) is 0 Å². The van der Waals surface area contributed by atoms with E-state index in [1.165, 1.54) is 33.0 Å². The molecule has 5 heteroatoms. The Morgan fingerprint density at radius 3 is 1.39 bits per heavy atom. The molecule has 0 aliphatic rings. The Kier molecular flexibility index (Phi) is 10.1. The van der Waals surface area contributed by atoms with Crippen molar-refractivity contribution in [1.29, 1.82) is 0 Å². The molecule has 7 aromatic carbocycles. The van der Waals surface area contributed by atoms with Crippen molar-refractivity contribution in [2.75, 3.05) is 0 Å². The van der Waals surface area contributed by atoms with E-state index in [2.05, 4.69) is 189 Å². The molecule has 3 aromatic heterocycles. The maximum atomic E-state index is 5.30. The van der Waals surface area contributed by atoms with Crippen LogP contribution in [0.1, 0.15) is 22.3 Å². The van der Waals surface area contributed by atoms with Gasteiger partial charge in [0.05, 0.1) is 0 Å². The molecule has 0 radical (unpaired) electrons. The summed E-state index contributed by atoms with van der Waals surface area (Å²) in [6.45, 7) is 8.63. The summed E-state index contributed by atoms with van der Waals surface area (Å²) in [5.41, 5.74) is 18.7. The summed E-state index contributed by atoms with van der Waals surface area (Å²) in [4.78, 5) is 24.5. The van der Waals surface area contributed by atoms with Gasteiger partial charge in [-0.15, -0.1) is 0 Å². The van der Waals surface area contributed by atoms with E-state index < -0.39 is 0 Å². The van der Waals surface area contributed by atoms with Crippen molar-refractivity contribution < 1.29 is 0 Å². The second-order valence-corrected chi connectivity index (χ2v) is 16.0. The van der Waals surface area contributed by atoms with Crippen LogP contribution in [-0.4, -0.2) is 24.9 Å². The smallest absolute Gasteiger partial charge is 0.164 e. The Bertz CT molecular complexity index is 3170. The third kappa shape index (κ3) is 7.46. The lowest BCUT2D eigenvalue weighted by Gasteiger charge is -2.16. The lowest BCUT2D eigenvalue weighted by molar-refractivity contribution is 1.07. The lowest BCUT2D eigenvalue weighted by Crippen LogP contribution is -2.01. The molecule has 0 fully saturated rings. The zero-order chi connectivity index (χ0) is 42.2. The molecule has 5 nitrogen and oxygen atoms in total. The highest BCUT2D eigenvalue weighted by Crippen LogP contribution is 2.38. The molecule has 296 valence electrons. The van der Waals surface area contributed by atoms with Gasteiger partial charge in [0.25, 0.3) is 0 Å². The maximum Gasteiger partial charge on any atom is 0.164 e. The second-order valence-electron chi connectivity index (χ2n) is 16.0. The summed E-state index contributed by atoms with van der Waals surface area (Å²) in [6, 6.07) is 58.2. The van der Waals surface area contributed by atoms with Crippen molar-refractivity contribution in [2.24, 2.45) is 0 Å². The van der Waals surface area contributed by atoms with Crippen molar-refractivity contribution in [2.45, 2.75) is 27.7 Å². The highest BCUT2D eigenvalue weighted by Gasteiger charge is 2.18. The zero-order valence-electron chi connectivity index (χ0n) is 35.1. The summed E-state index contributed by atoms with van der Waals surface area (Å²) in [5.74, 6) is 1.82. The molecule has 3 heterocycles. The van der Waals surface area contributed by atoms with Gasteiger partial charge in [0.1, 0.15) is 0 Å². The van der Waals surface area contributed by atoms with E-state index >= 15 is 0 Å². The Morgan fingerprint density at radius 1 is 0.290 bits per heavy atom. The van der Waals surface area contributed by atoms with Gasteiger partial charge >= 0.3 is 0 Å². The molecule has 0 spiro atoms. The average Bonchev–Trinajstić information content (AvgIpc) is 3.32. The fraction of sp³-hybridized carbons (Fsp3) is 0.0702. The van der Waals surface area contributed by atoms with Crippen LogP contribution < -0.4 is 0 Å². The number of hydrogen-bond donors (Lipinski definition) is 0. The van der Waals surface area contributed by atoms with Crippen LogP contribution in [0.2, 0.25) is 0 Å². The Labute approximate surface area is 362 Å². The van der Waals surface area contributed by atoms with Crippen LogP contribution >= 0.6 is 0 Å². The first-order chi connectivity index (χ1) is 30.4. The summed E-state index contributed by atoms with van der Waals surface area (Å²) >= 11 is 0. The van der Waals surface area contributed by atoms with E-state index in [0.717, 1.165) is 72.3 Å². The first-order valence-corrected chi connectivity index (χ1v) is 21.0. The van der Waals surface area contributed by atoms with Crippen LogP contribution in [0.4, 0.5) is 0 Å². The van der Waals surface area contributed by atoms with Gasteiger partial charge < -0.3 is 0 Å². The van der Waals surface area contributed by atoms with E-state index in [9.17, 15) is 0 Å².